The van der Waals surface area contributed by atoms with Gasteiger partial charge in [0.25, 0.3) is 0 Å². The van der Waals surface area contributed by atoms with Gasteiger partial charge in [0.1, 0.15) is 0 Å². The monoisotopic (exact) mass is 383 g/mol. The number of thiazole rings is 1. The molecule has 0 bridgehead atoms. The van der Waals surface area contributed by atoms with Crippen LogP contribution >= 0.6 is 11.3 Å². The molecule has 9 heteroatoms. The van der Waals surface area contributed by atoms with E-state index in [1.807, 2.05) is 6.92 Å². The molecule has 0 spiro atoms. The number of urea groups is 1. The average Bonchev–Trinajstić information content (AvgIpc) is 3.09. The van der Waals surface area contributed by atoms with E-state index < -0.39 is 6.29 Å². The zero-order valence-corrected chi connectivity index (χ0v) is 15.5. The molecule has 0 unspecified atom stereocenters. The van der Waals surface area contributed by atoms with Gasteiger partial charge in [-0.25, -0.2) is 4.79 Å². The molecule has 0 aliphatic carbocycles. The number of fused-ring (bicyclic) bond motifs is 1. The highest BCUT2D eigenvalue weighted by Gasteiger charge is 2.43. The average molecular weight is 383 g/mol. The lowest BCUT2D eigenvalue weighted by atomic mass is 10.3. The van der Waals surface area contributed by atoms with E-state index in [0.29, 0.717) is 17.0 Å². The highest BCUT2D eigenvalue weighted by molar-refractivity contribution is 7.09. The third-order valence-corrected chi connectivity index (χ3v) is 4.70. The first-order valence-corrected chi connectivity index (χ1v) is 9.00. The second kappa shape index (κ2) is 7.06. The van der Waals surface area contributed by atoms with Crippen molar-refractivity contribution in [2.24, 2.45) is 4.99 Å². The lowest BCUT2D eigenvalue weighted by Crippen LogP contribution is -2.27. The fourth-order valence-corrected chi connectivity index (χ4v) is 3.29. The van der Waals surface area contributed by atoms with Crippen LogP contribution in [0.15, 0.2) is 29.4 Å². The Bertz CT molecular complexity index is 892. The van der Waals surface area contributed by atoms with Crippen molar-refractivity contribution in [1.29, 1.82) is 0 Å². The Kier molecular flexibility index (Phi) is 4.99. The minimum atomic E-state index is -3.67. The molecule has 0 saturated carbocycles. The van der Waals surface area contributed by atoms with Crippen LogP contribution in [0.3, 0.4) is 0 Å². The number of halogens is 2. The predicted octanol–water partition coefficient (Wildman–Crippen LogP) is 3.92. The summed E-state index contributed by atoms with van der Waals surface area (Å²) in [4.78, 5) is 19.4. The molecule has 2 heterocycles. The number of nitrogens with zero attached hydrogens (tertiary/aromatic N) is 3. The SMILES string of the molecule is CCCCN(C)C(=O)N=c1sc(C)cn1-c1ccc2c(c1)OC(F)(F)O2. The zero-order valence-electron chi connectivity index (χ0n) is 14.7. The van der Waals surface area contributed by atoms with Crippen LogP contribution in [0.4, 0.5) is 13.6 Å². The van der Waals surface area contributed by atoms with Crippen LogP contribution in [0.1, 0.15) is 24.6 Å². The summed E-state index contributed by atoms with van der Waals surface area (Å²) in [7, 11) is 1.70. The standard InChI is InChI=1S/C17H19F2N3O3S/c1-4-5-8-21(3)15(23)20-16-22(10-11(2)26-16)12-6-7-13-14(9-12)25-17(18,19)24-13/h6-7,9-10H,4-5,8H2,1-3H3. The largest absolute Gasteiger partial charge is 0.586 e. The van der Waals surface area contributed by atoms with Crippen LogP contribution in [0.5, 0.6) is 11.5 Å². The van der Waals surface area contributed by atoms with E-state index in [1.165, 1.54) is 23.5 Å². The van der Waals surface area contributed by atoms with Gasteiger partial charge in [0, 0.05) is 30.7 Å². The molecule has 6 nitrogen and oxygen atoms in total. The molecule has 2 amide bonds. The number of unbranched alkanes of at least 4 members (excludes halogenated alkanes) is 1. The van der Waals surface area contributed by atoms with Crippen molar-refractivity contribution in [3.8, 4) is 17.2 Å². The van der Waals surface area contributed by atoms with Crippen LogP contribution in [-0.2, 0) is 0 Å². The van der Waals surface area contributed by atoms with Crippen molar-refractivity contribution >= 4 is 17.4 Å². The summed E-state index contributed by atoms with van der Waals surface area (Å²) in [6.07, 6.45) is 0.00894. The summed E-state index contributed by atoms with van der Waals surface area (Å²) >= 11 is 1.34. The molecule has 0 saturated heterocycles. The molecule has 3 rings (SSSR count). The molecular weight excluding hydrogens is 364 g/mol. The predicted molar refractivity (Wildman–Crippen MR) is 93.1 cm³/mol. The van der Waals surface area contributed by atoms with Crippen LogP contribution in [0, 0.1) is 6.92 Å². The van der Waals surface area contributed by atoms with Gasteiger partial charge < -0.3 is 14.4 Å². The molecule has 0 atom stereocenters. The van der Waals surface area contributed by atoms with E-state index in [1.54, 1.807) is 28.8 Å². The van der Waals surface area contributed by atoms with Gasteiger partial charge in [-0.2, -0.15) is 4.99 Å². The fraction of sp³-hybridized carbons (Fsp3) is 0.412. The second-order valence-corrected chi connectivity index (χ2v) is 7.18. The maximum Gasteiger partial charge on any atom is 0.586 e. The molecule has 0 radical (unpaired) electrons. The number of hydrogen-bond acceptors (Lipinski definition) is 4. The molecule has 26 heavy (non-hydrogen) atoms. The normalized spacial score (nSPS) is 15.3. The van der Waals surface area contributed by atoms with E-state index in [2.05, 4.69) is 21.4 Å². The van der Waals surface area contributed by atoms with Crippen LogP contribution in [0.2, 0.25) is 0 Å². The Morgan fingerprint density at radius 2 is 2.08 bits per heavy atom. The van der Waals surface area contributed by atoms with E-state index in [-0.39, 0.29) is 17.5 Å². The van der Waals surface area contributed by atoms with Gasteiger partial charge in [0.2, 0.25) is 0 Å². The van der Waals surface area contributed by atoms with Gasteiger partial charge in [-0.3, -0.25) is 4.57 Å². The van der Waals surface area contributed by atoms with Gasteiger partial charge >= 0.3 is 12.3 Å². The third-order valence-electron chi connectivity index (χ3n) is 3.80. The van der Waals surface area contributed by atoms with Crippen molar-refractivity contribution in [1.82, 2.24) is 9.47 Å². The number of carbonyl (C=O) groups excluding carboxylic acids is 1. The molecule has 0 N–H and O–H groups in total. The first kappa shape index (κ1) is 18.4. The van der Waals surface area contributed by atoms with E-state index in [0.717, 1.165) is 17.7 Å². The van der Waals surface area contributed by atoms with Crippen LogP contribution in [0.25, 0.3) is 5.69 Å². The van der Waals surface area contributed by atoms with E-state index in [9.17, 15) is 13.6 Å². The number of amides is 2. The van der Waals surface area contributed by atoms with Crippen LogP contribution in [-0.4, -0.2) is 35.4 Å². The molecule has 0 fully saturated rings. The van der Waals surface area contributed by atoms with Crippen molar-refractivity contribution in [3.63, 3.8) is 0 Å². The maximum absolute atomic E-state index is 13.2. The first-order chi connectivity index (χ1) is 12.3. The molecule has 1 aliphatic heterocycles. The number of benzene rings is 1. The number of carbonyl (C=O) groups is 1. The van der Waals surface area contributed by atoms with Crippen molar-refractivity contribution in [2.75, 3.05) is 13.6 Å². The van der Waals surface area contributed by atoms with Crippen molar-refractivity contribution < 1.29 is 23.0 Å². The molecular formula is C17H19F2N3O3S. The van der Waals surface area contributed by atoms with Gasteiger partial charge in [0.05, 0.1) is 5.69 Å². The van der Waals surface area contributed by atoms with Crippen LogP contribution < -0.4 is 14.3 Å². The lowest BCUT2D eigenvalue weighted by molar-refractivity contribution is -0.286. The summed E-state index contributed by atoms with van der Waals surface area (Å²) in [5.74, 6) is -0.0821. The Labute approximate surface area is 153 Å². The molecule has 1 aromatic carbocycles. The Hall–Kier alpha value is -2.42. The van der Waals surface area contributed by atoms with E-state index in [4.69, 9.17) is 0 Å². The molecule has 1 aliphatic rings. The summed E-state index contributed by atoms with van der Waals surface area (Å²) in [5, 5.41) is 0. The minimum absolute atomic E-state index is 0.0276. The van der Waals surface area contributed by atoms with Gasteiger partial charge in [-0.05, 0) is 25.5 Å². The van der Waals surface area contributed by atoms with Gasteiger partial charge in [0.15, 0.2) is 16.3 Å². The van der Waals surface area contributed by atoms with Gasteiger partial charge in [-0.15, -0.1) is 20.1 Å². The zero-order chi connectivity index (χ0) is 18.9. The number of aryl methyl sites for hydroxylation is 1. The fourth-order valence-electron chi connectivity index (χ4n) is 2.46. The number of ether oxygens (including phenoxy) is 2. The first-order valence-electron chi connectivity index (χ1n) is 8.18. The lowest BCUT2D eigenvalue weighted by Gasteiger charge is -2.12. The smallest absolute Gasteiger partial charge is 0.395 e. The number of alkyl halides is 2. The highest BCUT2D eigenvalue weighted by Crippen LogP contribution is 2.41. The van der Waals surface area contributed by atoms with Gasteiger partial charge in [-0.1, -0.05) is 13.3 Å². The third kappa shape index (κ3) is 3.87. The van der Waals surface area contributed by atoms with Crippen molar-refractivity contribution in [2.45, 2.75) is 33.0 Å². The summed E-state index contributed by atoms with van der Waals surface area (Å²) in [6.45, 7) is 4.56. The number of rotatable bonds is 4. The summed E-state index contributed by atoms with van der Waals surface area (Å²) in [6, 6.07) is 4.11. The maximum atomic E-state index is 13.2. The highest BCUT2D eigenvalue weighted by atomic mass is 32.1. The molecule has 1 aromatic heterocycles. The Balaban J connectivity index is 1.94. The number of hydrogen-bond donors (Lipinski definition) is 0. The minimum Gasteiger partial charge on any atom is -0.395 e. The molecule has 2 aromatic rings. The molecule has 140 valence electrons. The Morgan fingerprint density at radius 1 is 1.35 bits per heavy atom. The summed E-state index contributed by atoms with van der Waals surface area (Å²) in [5.41, 5.74) is 0.553. The van der Waals surface area contributed by atoms with E-state index >= 15 is 0 Å². The topological polar surface area (TPSA) is 56.1 Å². The number of aromatic nitrogens is 1. The van der Waals surface area contributed by atoms with Crippen molar-refractivity contribution in [3.05, 3.63) is 34.1 Å². The summed E-state index contributed by atoms with van der Waals surface area (Å²) < 4.78 is 37.0. The Morgan fingerprint density at radius 3 is 2.81 bits per heavy atom. The second-order valence-electron chi connectivity index (χ2n) is 5.96. The quantitative estimate of drug-likeness (QED) is 0.804.